The minimum atomic E-state index is -0.556. The predicted molar refractivity (Wildman–Crippen MR) is 96.5 cm³/mol. The lowest BCUT2D eigenvalue weighted by Crippen LogP contribution is -2.04. The Labute approximate surface area is 154 Å². The van der Waals surface area contributed by atoms with Crippen molar-refractivity contribution >= 4 is 17.9 Å². The van der Waals surface area contributed by atoms with E-state index in [9.17, 15) is 9.18 Å². The van der Waals surface area contributed by atoms with Crippen LogP contribution in [0.4, 0.5) is 4.39 Å². The van der Waals surface area contributed by atoms with Gasteiger partial charge in [0.15, 0.2) is 11.5 Å². The van der Waals surface area contributed by atoms with Crippen LogP contribution >= 0.6 is 0 Å². The highest BCUT2D eigenvalue weighted by Gasteiger charge is 2.25. The summed E-state index contributed by atoms with van der Waals surface area (Å²) in [5, 5.41) is 0. The van der Waals surface area contributed by atoms with Crippen molar-refractivity contribution in [1.29, 1.82) is 0 Å². The van der Waals surface area contributed by atoms with Gasteiger partial charge in [0.2, 0.25) is 0 Å². The number of carbonyl (C=O) groups is 1. The van der Waals surface area contributed by atoms with Crippen LogP contribution in [0, 0.1) is 5.82 Å². The number of cyclic esters (lactones) is 1. The molecule has 2 aromatic carbocycles. The molecule has 1 aliphatic heterocycles. The summed E-state index contributed by atoms with van der Waals surface area (Å²) in [6.45, 7) is 0.107. The second-order valence-corrected chi connectivity index (χ2v) is 5.77. The SMILES string of the molecule is O=C1OC(c2ccco2)=N/C1=C\c1cccc(OCc2ccccc2F)c1. The Kier molecular flexibility index (Phi) is 4.53. The van der Waals surface area contributed by atoms with Crippen LogP contribution in [0.1, 0.15) is 16.9 Å². The highest BCUT2D eigenvalue weighted by molar-refractivity contribution is 6.11. The number of esters is 1. The van der Waals surface area contributed by atoms with Crippen molar-refractivity contribution < 1.29 is 23.1 Å². The third kappa shape index (κ3) is 3.79. The van der Waals surface area contributed by atoms with Gasteiger partial charge in [0.25, 0.3) is 5.90 Å². The fourth-order valence-electron chi connectivity index (χ4n) is 2.54. The number of furan rings is 1. The first-order valence-electron chi connectivity index (χ1n) is 8.22. The molecule has 1 aliphatic rings. The van der Waals surface area contributed by atoms with Crippen LogP contribution in [0.3, 0.4) is 0 Å². The number of halogens is 1. The largest absolute Gasteiger partial charge is 0.489 e. The van der Waals surface area contributed by atoms with Gasteiger partial charge in [0.05, 0.1) is 6.26 Å². The van der Waals surface area contributed by atoms with Gasteiger partial charge in [-0.3, -0.25) is 0 Å². The van der Waals surface area contributed by atoms with Gasteiger partial charge < -0.3 is 13.9 Å². The maximum absolute atomic E-state index is 13.7. The second kappa shape index (κ2) is 7.29. The zero-order chi connectivity index (χ0) is 18.6. The Morgan fingerprint density at radius 2 is 1.96 bits per heavy atom. The highest BCUT2D eigenvalue weighted by atomic mass is 19.1. The molecule has 134 valence electrons. The van der Waals surface area contributed by atoms with Crippen molar-refractivity contribution in [3.05, 3.63) is 95.3 Å². The molecule has 3 aromatic rings. The molecule has 0 saturated carbocycles. The van der Waals surface area contributed by atoms with Crippen molar-refractivity contribution in [2.45, 2.75) is 6.61 Å². The quantitative estimate of drug-likeness (QED) is 0.500. The fraction of sp³-hybridized carbons (Fsp3) is 0.0476. The third-order valence-electron chi connectivity index (χ3n) is 3.87. The topological polar surface area (TPSA) is 61.0 Å². The summed E-state index contributed by atoms with van der Waals surface area (Å²) < 4.78 is 29.6. The number of nitrogens with zero attached hydrogens (tertiary/aromatic N) is 1. The summed E-state index contributed by atoms with van der Waals surface area (Å²) in [7, 11) is 0. The van der Waals surface area contributed by atoms with E-state index in [-0.39, 0.29) is 24.0 Å². The molecule has 27 heavy (non-hydrogen) atoms. The van der Waals surface area contributed by atoms with E-state index in [0.717, 1.165) is 0 Å². The molecule has 2 heterocycles. The van der Waals surface area contributed by atoms with Gasteiger partial charge in [-0.25, -0.2) is 14.2 Å². The molecule has 0 radical (unpaired) electrons. The van der Waals surface area contributed by atoms with Crippen molar-refractivity contribution in [3.63, 3.8) is 0 Å². The Morgan fingerprint density at radius 3 is 2.78 bits per heavy atom. The fourth-order valence-corrected chi connectivity index (χ4v) is 2.54. The molecular weight excluding hydrogens is 349 g/mol. The molecule has 1 aromatic heterocycles. The highest BCUT2D eigenvalue weighted by Crippen LogP contribution is 2.22. The Balaban J connectivity index is 1.51. The number of hydrogen-bond acceptors (Lipinski definition) is 5. The van der Waals surface area contributed by atoms with Crippen LogP contribution in [0.25, 0.3) is 6.08 Å². The van der Waals surface area contributed by atoms with E-state index < -0.39 is 5.97 Å². The van der Waals surface area contributed by atoms with Crippen LogP contribution in [-0.2, 0) is 16.1 Å². The number of benzene rings is 2. The Hall–Kier alpha value is -3.67. The van der Waals surface area contributed by atoms with Gasteiger partial charge >= 0.3 is 5.97 Å². The molecule has 6 heteroatoms. The lowest BCUT2D eigenvalue weighted by Gasteiger charge is -2.07. The van der Waals surface area contributed by atoms with Crippen LogP contribution in [0.15, 0.2) is 82.0 Å². The number of rotatable bonds is 5. The standard InChI is InChI=1S/C21H14FNO4/c22-17-8-2-1-6-15(17)13-26-16-7-3-5-14(11-16)12-18-21(24)27-20(23-18)19-9-4-10-25-19/h1-12H,13H2/b18-12-. The molecule has 0 fully saturated rings. The van der Waals surface area contributed by atoms with Gasteiger partial charge in [0.1, 0.15) is 18.2 Å². The second-order valence-electron chi connectivity index (χ2n) is 5.77. The first-order chi connectivity index (χ1) is 13.2. The van der Waals surface area contributed by atoms with Crippen molar-refractivity contribution in [2.75, 3.05) is 0 Å². The third-order valence-corrected chi connectivity index (χ3v) is 3.87. The minimum Gasteiger partial charge on any atom is -0.489 e. The summed E-state index contributed by atoms with van der Waals surface area (Å²) in [5.74, 6) is 0.189. The molecule has 5 nitrogen and oxygen atoms in total. The maximum atomic E-state index is 13.7. The lowest BCUT2D eigenvalue weighted by atomic mass is 10.2. The smallest absolute Gasteiger partial charge is 0.363 e. The summed E-state index contributed by atoms with van der Waals surface area (Å²) >= 11 is 0. The van der Waals surface area contributed by atoms with E-state index in [1.807, 2.05) is 0 Å². The predicted octanol–water partition coefficient (Wildman–Crippen LogP) is 4.34. The molecule has 0 unspecified atom stereocenters. The first-order valence-corrected chi connectivity index (χ1v) is 8.22. The average Bonchev–Trinajstić information content (AvgIpc) is 3.32. The van der Waals surface area contributed by atoms with E-state index in [1.54, 1.807) is 60.7 Å². The summed E-state index contributed by atoms with van der Waals surface area (Å²) in [6.07, 6.45) is 3.07. The molecule has 0 bridgehead atoms. The van der Waals surface area contributed by atoms with Crippen LogP contribution in [-0.4, -0.2) is 11.9 Å². The zero-order valence-corrected chi connectivity index (χ0v) is 14.1. The average molecular weight is 363 g/mol. The molecule has 4 rings (SSSR count). The van der Waals surface area contributed by atoms with Gasteiger partial charge in [-0.15, -0.1) is 0 Å². The van der Waals surface area contributed by atoms with Crippen molar-refractivity contribution in [3.8, 4) is 5.75 Å². The van der Waals surface area contributed by atoms with Gasteiger partial charge in [-0.2, -0.15) is 0 Å². The van der Waals surface area contributed by atoms with Gasteiger partial charge in [-0.1, -0.05) is 30.3 Å². The number of ether oxygens (including phenoxy) is 2. The number of aliphatic imine (C=N–C) groups is 1. The van der Waals surface area contributed by atoms with E-state index in [2.05, 4.69) is 4.99 Å². The van der Waals surface area contributed by atoms with Gasteiger partial charge in [-0.05, 0) is 42.0 Å². The Morgan fingerprint density at radius 1 is 1.07 bits per heavy atom. The van der Waals surface area contributed by atoms with Crippen molar-refractivity contribution in [1.82, 2.24) is 0 Å². The minimum absolute atomic E-state index is 0.107. The summed E-state index contributed by atoms with van der Waals surface area (Å²) in [5.41, 5.74) is 1.33. The van der Waals surface area contributed by atoms with Gasteiger partial charge in [0, 0.05) is 5.56 Å². The summed E-state index contributed by atoms with van der Waals surface area (Å²) in [6, 6.07) is 16.9. The van der Waals surface area contributed by atoms with Crippen LogP contribution in [0.5, 0.6) is 5.75 Å². The van der Waals surface area contributed by atoms with Crippen molar-refractivity contribution in [2.24, 2.45) is 4.99 Å². The van der Waals surface area contributed by atoms with E-state index in [1.165, 1.54) is 12.3 Å². The first kappa shape index (κ1) is 16.8. The van der Waals surface area contributed by atoms with Crippen LogP contribution < -0.4 is 4.74 Å². The van der Waals surface area contributed by atoms with E-state index >= 15 is 0 Å². The number of carbonyl (C=O) groups excluding carboxylic acids is 1. The lowest BCUT2D eigenvalue weighted by molar-refractivity contribution is -0.130. The molecule has 0 aliphatic carbocycles. The normalized spacial score (nSPS) is 14.9. The number of hydrogen-bond donors (Lipinski definition) is 0. The monoisotopic (exact) mass is 363 g/mol. The van der Waals surface area contributed by atoms with Crippen LogP contribution in [0.2, 0.25) is 0 Å². The molecule has 0 saturated heterocycles. The van der Waals surface area contributed by atoms with E-state index in [0.29, 0.717) is 22.6 Å². The van der Waals surface area contributed by atoms with E-state index in [4.69, 9.17) is 13.9 Å². The summed E-state index contributed by atoms with van der Waals surface area (Å²) in [4.78, 5) is 16.2. The molecule has 0 atom stereocenters. The zero-order valence-electron chi connectivity index (χ0n) is 14.1. The maximum Gasteiger partial charge on any atom is 0.363 e. The Bertz CT molecular complexity index is 1040. The molecule has 0 amide bonds. The molecular formula is C21H14FNO4. The molecule has 0 N–H and O–H groups in total. The molecule has 0 spiro atoms.